The Morgan fingerprint density at radius 2 is 0.886 bits per heavy atom. The van der Waals surface area contributed by atoms with Crippen molar-refractivity contribution in [2.24, 2.45) is 0 Å². The Morgan fingerprint density at radius 1 is 0.343 bits per heavy atom. The molecule has 0 aliphatic carbocycles. The zero-order chi connectivity index (χ0) is 23.5. The predicted molar refractivity (Wildman–Crippen MR) is 150 cm³/mol. The average molecular weight is 448 g/mol. The van der Waals surface area contributed by atoms with E-state index >= 15 is 0 Å². The summed E-state index contributed by atoms with van der Waals surface area (Å²) in [5.74, 6) is 0. The van der Waals surface area contributed by atoms with Crippen LogP contribution in [0.3, 0.4) is 0 Å². The van der Waals surface area contributed by atoms with E-state index in [0.29, 0.717) is 0 Å². The van der Waals surface area contributed by atoms with Gasteiger partial charge in [0, 0.05) is 11.4 Å². The third-order valence-electron chi connectivity index (χ3n) is 6.46. The highest BCUT2D eigenvalue weighted by molar-refractivity contribution is 5.97. The van der Waals surface area contributed by atoms with Crippen LogP contribution in [0.1, 0.15) is 0 Å². The van der Waals surface area contributed by atoms with Gasteiger partial charge < -0.3 is 5.32 Å². The molecule has 0 heterocycles. The summed E-state index contributed by atoms with van der Waals surface area (Å²) in [5.41, 5.74) is 9.51. The normalized spacial score (nSPS) is 10.9. The third kappa shape index (κ3) is 4.45. The van der Waals surface area contributed by atoms with Gasteiger partial charge in [0.05, 0.1) is 0 Å². The lowest BCUT2D eigenvalue weighted by Crippen LogP contribution is -1.91. The topological polar surface area (TPSA) is 12.0 Å². The van der Waals surface area contributed by atoms with Gasteiger partial charge in [0.25, 0.3) is 0 Å². The largest absolute Gasteiger partial charge is 0.356 e. The molecule has 166 valence electrons. The molecule has 1 nitrogen and oxygen atoms in total. The second-order valence-electron chi connectivity index (χ2n) is 8.75. The zero-order valence-electron chi connectivity index (χ0n) is 19.4. The number of hydrogen-bond acceptors (Lipinski definition) is 1. The van der Waals surface area contributed by atoms with Crippen LogP contribution in [0.2, 0.25) is 0 Å². The number of rotatable bonds is 5. The summed E-state index contributed by atoms with van der Waals surface area (Å²) in [4.78, 5) is 0. The van der Waals surface area contributed by atoms with Gasteiger partial charge in [-0.05, 0) is 68.4 Å². The van der Waals surface area contributed by atoms with E-state index in [1.54, 1.807) is 0 Å². The SMILES string of the molecule is c1ccc(-c2ccc(-c3ccc(Nc4cccc(-c5cccc6ccccc56)c4)cc3)cc2)cc1. The highest BCUT2D eigenvalue weighted by atomic mass is 14.9. The molecule has 0 saturated heterocycles. The molecule has 6 aromatic carbocycles. The summed E-state index contributed by atoms with van der Waals surface area (Å²) in [7, 11) is 0. The molecule has 0 atom stereocenters. The molecular formula is C34H25N. The molecule has 35 heavy (non-hydrogen) atoms. The molecule has 1 N–H and O–H groups in total. The lowest BCUT2D eigenvalue weighted by Gasteiger charge is -2.11. The van der Waals surface area contributed by atoms with Crippen LogP contribution in [0.15, 0.2) is 146 Å². The molecule has 1 heteroatoms. The van der Waals surface area contributed by atoms with Gasteiger partial charge in [0.15, 0.2) is 0 Å². The maximum atomic E-state index is 3.57. The Labute approximate surface area is 206 Å². The fraction of sp³-hybridized carbons (Fsp3) is 0. The van der Waals surface area contributed by atoms with Crippen molar-refractivity contribution in [2.45, 2.75) is 0 Å². The van der Waals surface area contributed by atoms with Gasteiger partial charge in [-0.15, -0.1) is 0 Å². The van der Waals surface area contributed by atoms with Gasteiger partial charge in [-0.3, -0.25) is 0 Å². The van der Waals surface area contributed by atoms with Crippen LogP contribution in [0.25, 0.3) is 44.2 Å². The molecule has 6 rings (SSSR count). The van der Waals surface area contributed by atoms with Gasteiger partial charge in [-0.25, -0.2) is 0 Å². The van der Waals surface area contributed by atoms with E-state index in [9.17, 15) is 0 Å². The van der Waals surface area contributed by atoms with Crippen LogP contribution in [0.4, 0.5) is 11.4 Å². The van der Waals surface area contributed by atoms with E-state index in [1.165, 1.54) is 44.2 Å². The standard InChI is InChI=1S/C34H25N/c1-2-8-25(9-3-1)26-16-18-27(19-17-26)28-20-22-31(23-21-28)35-32-13-6-12-30(24-32)34-15-7-11-29-10-4-5-14-33(29)34/h1-24,35H. The smallest absolute Gasteiger partial charge is 0.0390 e. The molecule has 0 aliphatic heterocycles. The van der Waals surface area contributed by atoms with E-state index in [4.69, 9.17) is 0 Å². The maximum absolute atomic E-state index is 3.57. The maximum Gasteiger partial charge on any atom is 0.0390 e. The van der Waals surface area contributed by atoms with Crippen LogP contribution in [-0.2, 0) is 0 Å². The highest BCUT2D eigenvalue weighted by Crippen LogP contribution is 2.31. The lowest BCUT2D eigenvalue weighted by atomic mass is 9.98. The quantitative estimate of drug-likeness (QED) is 0.277. The van der Waals surface area contributed by atoms with Crippen molar-refractivity contribution >= 4 is 22.1 Å². The van der Waals surface area contributed by atoms with E-state index in [0.717, 1.165) is 11.4 Å². The zero-order valence-corrected chi connectivity index (χ0v) is 19.4. The first kappa shape index (κ1) is 20.9. The first-order valence-electron chi connectivity index (χ1n) is 11.9. The van der Waals surface area contributed by atoms with Crippen molar-refractivity contribution in [3.63, 3.8) is 0 Å². The summed E-state index contributed by atoms with van der Waals surface area (Å²) in [6.07, 6.45) is 0. The van der Waals surface area contributed by atoms with Crippen molar-refractivity contribution < 1.29 is 0 Å². The van der Waals surface area contributed by atoms with Gasteiger partial charge in [0.2, 0.25) is 0 Å². The Morgan fingerprint density at radius 3 is 1.63 bits per heavy atom. The number of fused-ring (bicyclic) bond motifs is 1. The second kappa shape index (κ2) is 9.32. The van der Waals surface area contributed by atoms with Crippen LogP contribution < -0.4 is 5.32 Å². The molecule has 0 unspecified atom stereocenters. The van der Waals surface area contributed by atoms with Gasteiger partial charge in [0.1, 0.15) is 0 Å². The van der Waals surface area contributed by atoms with Crippen LogP contribution in [0, 0.1) is 0 Å². The molecular weight excluding hydrogens is 422 g/mol. The van der Waals surface area contributed by atoms with E-state index < -0.39 is 0 Å². The van der Waals surface area contributed by atoms with Crippen molar-refractivity contribution in [3.05, 3.63) is 146 Å². The van der Waals surface area contributed by atoms with E-state index in [2.05, 4.69) is 145 Å². The summed E-state index contributed by atoms with van der Waals surface area (Å²) < 4.78 is 0. The van der Waals surface area contributed by atoms with Gasteiger partial charge in [-0.1, -0.05) is 121 Å². The molecule has 0 amide bonds. The summed E-state index contributed by atoms with van der Waals surface area (Å²) in [6, 6.07) is 51.5. The monoisotopic (exact) mass is 447 g/mol. The first-order chi connectivity index (χ1) is 17.3. The molecule has 0 bridgehead atoms. The predicted octanol–water partition coefficient (Wildman–Crippen LogP) is 9.58. The average Bonchev–Trinajstić information content (AvgIpc) is 2.94. The Hall–Kier alpha value is -4.62. The fourth-order valence-electron chi connectivity index (χ4n) is 4.64. The van der Waals surface area contributed by atoms with Crippen molar-refractivity contribution in [1.29, 1.82) is 0 Å². The van der Waals surface area contributed by atoms with E-state index in [1.807, 2.05) is 6.07 Å². The van der Waals surface area contributed by atoms with Crippen LogP contribution in [-0.4, -0.2) is 0 Å². The minimum atomic E-state index is 1.07. The molecule has 0 fully saturated rings. The van der Waals surface area contributed by atoms with Gasteiger partial charge in [-0.2, -0.15) is 0 Å². The molecule has 0 aliphatic rings. The number of benzene rings is 6. The van der Waals surface area contributed by atoms with E-state index in [-0.39, 0.29) is 0 Å². The van der Waals surface area contributed by atoms with Crippen LogP contribution in [0.5, 0.6) is 0 Å². The highest BCUT2D eigenvalue weighted by Gasteiger charge is 2.05. The van der Waals surface area contributed by atoms with Gasteiger partial charge >= 0.3 is 0 Å². The van der Waals surface area contributed by atoms with Crippen LogP contribution >= 0.6 is 0 Å². The second-order valence-corrected chi connectivity index (χ2v) is 8.75. The minimum Gasteiger partial charge on any atom is -0.356 e. The Kier molecular flexibility index (Phi) is 5.58. The summed E-state index contributed by atoms with van der Waals surface area (Å²) in [6.45, 7) is 0. The molecule has 6 aromatic rings. The van der Waals surface area contributed by atoms with Crippen molar-refractivity contribution in [2.75, 3.05) is 5.32 Å². The summed E-state index contributed by atoms with van der Waals surface area (Å²) in [5, 5.41) is 6.10. The minimum absolute atomic E-state index is 1.07. The number of nitrogens with one attached hydrogen (secondary N) is 1. The number of anilines is 2. The molecule has 0 saturated carbocycles. The van der Waals surface area contributed by atoms with Crippen molar-refractivity contribution in [1.82, 2.24) is 0 Å². The Bertz CT molecular complexity index is 1580. The van der Waals surface area contributed by atoms with Crippen molar-refractivity contribution in [3.8, 4) is 33.4 Å². The molecule has 0 spiro atoms. The molecule has 0 radical (unpaired) electrons. The molecule has 0 aromatic heterocycles. The Balaban J connectivity index is 1.22. The fourth-order valence-corrected chi connectivity index (χ4v) is 4.64. The number of hydrogen-bond donors (Lipinski definition) is 1. The lowest BCUT2D eigenvalue weighted by molar-refractivity contribution is 1.53. The first-order valence-corrected chi connectivity index (χ1v) is 11.9. The summed E-state index contributed by atoms with van der Waals surface area (Å²) >= 11 is 0. The third-order valence-corrected chi connectivity index (χ3v) is 6.46.